The van der Waals surface area contributed by atoms with E-state index < -0.39 is 0 Å². The Hall–Kier alpha value is -2.01. The summed E-state index contributed by atoms with van der Waals surface area (Å²) in [6, 6.07) is 3.99. The van der Waals surface area contributed by atoms with Crippen molar-refractivity contribution in [2.24, 2.45) is 5.92 Å². The number of hydrogen-bond acceptors (Lipinski definition) is 5. The van der Waals surface area contributed by atoms with Crippen LogP contribution in [0.2, 0.25) is 0 Å². The Labute approximate surface area is 119 Å². The van der Waals surface area contributed by atoms with Crippen LogP contribution in [-0.4, -0.2) is 21.5 Å². The molecule has 0 saturated heterocycles. The largest absolute Gasteiger partial charge is 0.423 e. The van der Waals surface area contributed by atoms with Gasteiger partial charge in [-0.2, -0.15) is 4.98 Å². The van der Waals surface area contributed by atoms with Crippen LogP contribution in [0.25, 0.3) is 0 Å². The van der Waals surface area contributed by atoms with Crippen molar-refractivity contribution in [3.05, 3.63) is 42.0 Å². The number of nitrogens with one attached hydrogen (secondary N) is 1. The molecule has 5 heteroatoms. The fourth-order valence-electron chi connectivity index (χ4n) is 1.70. The average Bonchev–Trinajstić information content (AvgIpc) is 2.42. The molecule has 0 saturated carbocycles. The molecule has 0 bridgehead atoms. The zero-order valence-electron chi connectivity index (χ0n) is 12.1. The van der Waals surface area contributed by atoms with E-state index in [1.807, 2.05) is 19.1 Å². The van der Waals surface area contributed by atoms with E-state index in [1.165, 1.54) is 0 Å². The first kappa shape index (κ1) is 14.4. The van der Waals surface area contributed by atoms with Crippen molar-refractivity contribution < 1.29 is 4.74 Å². The maximum absolute atomic E-state index is 5.55. The molecule has 0 aliphatic heterocycles. The molecule has 2 aromatic heterocycles. The summed E-state index contributed by atoms with van der Waals surface area (Å²) in [5.74, 6) is 1.27. The van der Waals surface area contributed by atoms with Gasteiger partial charge >= 0.3 is 6.01 Å². The zero-order chi connectivity index (χ0) is 14.4. The van der Waals surface area contributed by atoms with Crippen LogP contribution in [0.5, 0.6) is 11.8 Å². The number of ether oxygens (including phenoxy) is 1. The zero-order valence-corrected chi connectivity index (χ0v) is 12.1. The number of aromatic nitrogens is 3. The topological polar surface area (TPSA) is 59.9 Å². The highest BCUT2D eigenvalue weighted by molar-refractivity contribution is 5.22. The van der Waals surface area contributed by atoms with E-state index in [2.05, 4.69) is 34.1 Å². The number of hydrogen-bond donors (Lipinski definition) is 1. The summed E-state index contributed by atoms with van der Waals surface area (Å²) >= 11 is 0. The summed E-state index contributed by atoms with van der Waals surface area (Å²) in [5, 5.41) is 3.38. The van der Waals surface area contributed by atoms with Gasteiger partial charge in [0.15, 0.2) is 0 Å². The SMILES string of the molecule is Cc1nc(Oc2cccnc2)ncc1CNCC(C)C. The highest BCUT2D eigenvalue weighted by Crippen LogP contribution is 2.16. The minimum absolute atomic E-state index is 0.350. The summed E-state index contributed by atoms with van der Waals surface area (Å²) in [4.78, 5) is 12.6. The average molecular weight is 272 g/mol. The van der Waals surface area contributed by atoms with Gasteiger partial charge in [-0.25, -0.2) is 4.98 Å². The molecule has 0 spiro atoms. The van der Waals surface area contributed by atoms with Gasteiger partial charge in [0.05, 0.1) is 6.20 Å². The Morgan fingerprint density at radius 1 is 1.30 bits per heavy atom. The Bertz CT molecular complexity index is 543. The van der Waals surface area contributed by atoms with Gasteiger partial charge in [-0.05, 0) is 31.5 Å². The number of nitrogens with zero attached hydrogens (tertiary/aromatic N) is 3. The van der Waals surface area contributed by atoms with E-state index in [1.54, 1.807) is 18.6 Å². The summed E-state index contributed by atoms with van der Waals surface area (Å²) in [6.07, 6.45) is 5.14. The fourth-order valence-corrected chi connectivity index (χ4v) is 1.70. The lowest BCUT2D eigenvalue weighted by atomic mass is 10.2. The summed E-state index contributed by atoms with van der Waals surface area (Å²) in [7, 11) is 0. The molecule has 0 amide bonds. The van der Waals surface area contributed by atoms with Crippen LogP contribution in [0.4, 0.5) is 0 Å². The Morgan fingerprint density at radius 3 is 2.80 bits per heavy atom. The first-order chi connectivity index (χ1) is 9.65. The number of pyridine rings is 1. The molecule has 0 aromatic carbocycles. The van der Waals surface area contributed by atoms with Crippen LogP contribution in [0.3, 0.4) is 0 Å². The molecular formula is C15H20N4O. The van der Waals surface area contributed by atoms with Crippen molar-refractivity contribution in [2.75, 3.05) is 6.54 Å². The molecule has 0 fully saturated rings. The lowest BCUT2D eigenvalue weighted by molar-refractivity contribution is 0.437. The predicted molar refractivity (Wildman–Crippen MR) is 77.6 cm³/mol. The third-order valence-corrected chi connectivity index (χ3v) is 2.77. The Kier molecular flexibility index (Phi) is 5.01. The summed E-state index contributed by atoms with van der Waals surface area (Å²) < 4.78 is 5.55. The molecule has 2 rings (SSSR count). The predicted octanol–water partition coefficient (Wildman–Crippen LogP) is 2.72. The van der Waals surface area contributed by atoms with E-state index >= 15 is 0 Å². The molecule has 0 aliphatic carbocycles. The van der Waals surface area contributed by atoms with Crippen molar-refractivity contribution in [2.45, 2.75) is 27.3 Å². The van der Waals surface area contributed by atoms with Crippen LogP contribution in [0.15, 0.2) is 30.7 Å². The quantitative estimate of drug-likeness (QED) is 0.876. The van der Waals surface area contributed by atoms with Crippen molar-refractivity contribution in [1.29, 1.82) is 0 Å². The molecule has 0 aliphatic rings. The van der Waals surface area contributed by atoms with E-state index in [4.69, 9.17) is 4.74 Å². The second-order valence-electron chi connectivity index (χ2n) is 5.08. The lowest BCUT2D eigenvalue weighted by Gasteiger charge is -2.10. The minimum atomic E-state index is 0.350. The molecular weight excluding hydrogens is 252 g/mol. The molecule has 0 unspecified atom stereocenters. The molecule has 1 N–H and O–H groups in total. The maximum Gasteiger partial charge on any atom is 0.322 e. The van der Waals surface area contributed by atoms with E-state index in [-0.39, 0.29) is 0 Å². The third kappa shape index (κ3) is 4.28. The molecule has 20 heavy (non-hydrogen) atoms. The van der Waals surface area contributed by atoms with Crippen LogP contribution in [0, 0.1) is 12.8 Å². The van der Waals surface area contributed by atoms with Gasteiger partial charge in [-0.15, -0.1) is 0 Å². The Balaban J connectivity index is 1.98. The van der Waals surface area contributed by atoms with Crippen molar-refractivity contribution in [3.8, 4) is 11.8 Å². The van der Waals surface area contributed by atoms with Gasteiger partial charge < -0.3 is 10.1 Å². The summed E-state index contributed by atoms with van der Waals surface area (Å²) in [6.45, 7) is 8.08. The number of rotatable bonds is 6. The minimum Gasteiger partial charge on any atom is -0.423 e. The van der Waals surface area contributed by atoms with E-state index in [0.29, 0.717) is 17.7 Å². The van der Waals surface area contributed by atoms with Gasteiger partial charge in [0.1, 0.15) is 5.75 Å². The Morgan fingerprint density at radius 2 is 2.15 bits per heavy atom. The first-order valence-electron chi connectivity index (χ1n) is 6.76. The van der Waals surface area contributed by atoms with Gasteiger partial charge in [-0.3, -0.25) is 4.98 Å². The lowest BCUT2D eigenvalue weighted by Crippen LogP contribution is -2.20. The van der Waals surface area contributed by atoms with Crippen LogP contribution >= 0.6 is 0 Å². The van der Waals surface area contributed by atoms with E-state index in [9.17, 15) is 0 Å². The fraction of sp³-hybridized carbons (Fsp3) is 0.400. The molecule has 5 nitrogen and oxygen atoms in total. The van der Waals surface area contributed by atoms with Gasteiger partial charge in [-0.1, -0.05) is 13.8 Å². The third-order valence-electron chi connectivity index (χ3n) is 2.77. The van der Waals surface area contributed by atoms with Crippen LogP contribution in [-0.2, 0) is 6.54 Å². The monoisotopic (exact) mass is 272 g/mol. The van der Waals surface area contributed by atoms with Crippen molar-refractivity contribution in [3.63, 3.8) is 0 Å². The maximum atomic E-state index is 5.55. The van der Waals surface area contributed by atoms with Gasteiger partial charge in [0.25, 0.3) is 0 Å². The number of aryl methyl sites for hydroxylation is 1. The second-order valence-corrected chi connectivity index (χ2v) is 5.08. The second kappa shape index (κ2) is 6.96. The first-order valence-corrected chi connectivity index (χ1v) is 6.76. The van der Waals surface area contributed by atoms with E-state index in [0.717, 1.165) is 24.3 Å². The molecule has 2 aromatic rings. The van der Waals surface area contributed by atoms with Gasteiger partial charge in [0, 0.05) is 30.2 Å². The summed E-state index contributed by atoms with van der Waals surface area (Å²) in [5.41, 5.74) is 2.01. The van der Waals surface area contributed by atoms with Crippen molar-refractivity contribution >= 4 is 0 Å². The normalized spacial score (nSPS) is 10.8. The van der Waals surface area contributed by atoms with Crippen molar-refractivity contribution in [1.82, 2.24) is 20.3 Å². The molecule has 0 atom stereocenters. The smallest absolute Gasteiger partial charge is 0.322 e. The van der Waals surface area contributed by atoms with Crippen LogP contribution in [0.1, 0.15) is 25.1 Å². The molecule has 0 radical (unpaired) electrons. The van der Waals surface area contributed by atoms with Crippen LogP contribution < -0.4 is 10.1 Å². The highest BCUT2D eigenvalue weighted by atomic mass is 16.5. The molecule has 106 valence electrons. The van der Waals surface area contributed by atoms with Gasteiger partial charge in [0.2, 0.25) is 0 Å². The molecule has 2 heterocycles. The standard InChI is InChI=1S/C15H20N4O/c1-11(2)7-17-8-13-9-18-15(19-12(13)3)20-14-5-4-6-16-10-14/h4-6,9-11,17H,7-8H2,1-3H3. The highest BCUT2D eigenvalue weighted by Gasteiger charge is 2.05.